The molecule has 0 spiro atoms. The molecule has 0 radical (unpaired) electrons. The quantitative estimate of drug-likeness (QED) is 0.306. The monoisotopic (exact) mass is 532 g/mol. The fraction of sp³-hybridized carbons (Fsp3) is 0.214. The SMILES string of the molecule is C=CC(=O)N1CC[C@H](N(C)c2ccc3ncnc(Nc4ccc(OCc5cccc(F)c5)c(Cl)c4)c3n2)C1. The summed E-state index contributed by atoms with van der Waals surface area (Å²) in [4.78, 5) is 29.5. The fourth-order valence-corrected chi connectivity index (χ4v) is 4.65. The summed E-state index contributed by atoms with van der Waals surface area (Å²) in [6, 6.07) is 15.5. The molecule has 0 aliphatic carbocycles. The first-order valence-corrected chi connectivity index (χ1v) is 12.5. The molecule has 10 heteroatoms. The predicted octanol–water partition coefficient (Wildman–Crippen LogP) is 5.36. The minimum atomic E-state index is -0.315. The number of nitrogens with zero attached hydrogens (tertiary/aromatic N) is 5. The molecular formula is C28H26ClFN6O2. The van der Waals surface area contributed by atoms with Gasteiger partial charge in [-0.3, -0.25) is 4.79 Å². The summed E-state index contributed by atoms with van der Waals surface area (Å²) in [6.07, 6.45) is 3.67. The maximum absolute atomic E-state index is 13.4. The standard InChI is InChI=1S/C28H26ClFN6O2/c1-3-26(37)36-12-11-21(15-36)35(2)25-10-8-23-27(34-25)28(32-17-31-23)33-20-7-9-24(22(29)14-20)38-16-18-5-4-6-19(30)13-18/h3-10,13-14,17,21H,1,11-12,15-16H2,2H3,(H,31,32,33)/t21-/m0/s1. The Bertz CT molecular complexity index is 1500. The second-order valence-corrected chi connectivity index (χ2v) is 9.40. The lowest BCUT2D eigenvalue weighted by molar-refractivity contribution is -0.125. The topological polar surface area (TPSA) is 83.5 Å². The van der Waals surface area contributed by atoms with Crippen LogP contribution in [-0.2, 0) is 11.4 Å². The Morgan fingerprint density at radius 3 is 2.92 bits per heavy atom. The van der Waals surface area contributed by atoms with E-state index in [0.717, 1.165) is 12.2 Å². The van der Waals surface area contributed by atoms with Crippen molar-refractivity contribution in [2.24, 2.45) is 0 Å². The van der Waals surface area contributed by atoms with Gasteiger partial charge in [0.05, 0.1) is 10.5 Å². The van der Waals surface area contributed by atoms with Gasteiger partial charge in [0.1, 0.15) is 35.8 Å². The highest BCUT2D eigenvalue weighted by Gasteiger charge is 2.28. The Morgan fingerprint density at radius 2 is 2.13 bits per heavy atom. The number of halogens is 2. The van der Waals surface area contributed by atoms with Crippen LogP contribution in [0.1, 0.15) is 12.0 Å². The van der Waals surface area contributed by atoms with E-state index in [4.69, 9.17) is 21.3 Å². The second-order valence-electron chi connectivity index (χ2n) is 8.99. The summed E-state index contributed by atoms with van der Waals surface area (Å²) in [5, 5.41) is 3.68. The molecule has 194 valence electrons. The number of likely N-dealkylation sites (tertiary alicyclic amines) is 1. The molecule has 1 saturated heterocycles. The molecule has 0 bridgehead atoms. The fourth-order valence-electron chi connectivity index (χ4n) is 4.41. The molecule has 1 aliphatic rings. The van der Waals surface area contributed by atoms with Gasteiger partial charge >= 0.3 is 0 Å². The van der Waals surface area contributed by atoms with Crippen molar-refractivity contribution in [1.82, 2.24) is 19.9 Å². The van der Waals surface area contributed by atoms with E-state index in [0.29, 0.717) is 52.0 Å². The lowest BCUT2D eigenvalue weighted by Crippen LogP contribution is -2.36. The summed E-state index contributed by atoms with van der Waals surface area (Å²) < 4.78 is 19.2. The Labute approximate surface area is 224 Å². The number of hydrogen-bond acceptors (Lipinski definition) is 7. The Balaban J connectivity index is 1.32. The maximum atomic E-state index is 13.4. The average molecular weight is 533 g/mol. The van der Waals surface area contributed by atoms with Crippen molar-refractivity contribution >= 4 is 45.9 Å². The van der Waals surface area contributed by atoms with E-state index < -0.39 is 0 Å². The number of hydrogen-bond donors (Lipinski definition) is 1. The predicted molar refractivity (Wildman–Crippen MR) is 146 cm³/mol. The summed E-state index contributed by atoms with van der Waals surface area (Å²) in [7, 11) is 1.97. The third-order valence-corrected chi connectivity index (χ3v) is 6.80. The number of pyridine rings is 1. The molecule has 1 atom stereocenters. The maximum Gasteiger partial charge on any atom is 0.246 e. The van der Waals surface area contributed by atoms with Crippen molar-refractivity contribution in [2.45, 2.75) is 19.1 Å². The molecule has 2 aromatic heterocycles. The number of fused-ring (bicyclic) bond motifs is 1. The largest absolute Gasteiger partial charge is 0.487 e. The highest BCUT2D eigenvalue weighted by atomic mass is 35.5. The molecule has 1 N–H and O–H groups in total. The normalized spacial score (nSPS) is 14.9. The van der Waals surface area contributed by atoms with E-state index in [1.54, 1.807) is 29.2 Å². The van der Waals surface area contributed by atoms with Crippen LogP contribution < -0.4 is 15.0 Å². The van der Waals surface area contributed by atoms with Crippen LogP contribution in [0.3, 0.4) is 0 Å². The highest BCUT2D eigenvalue weighted by molar-refractivity contribution is 6.32. The van der Waals surface area contributed by atoms with Crippen molar-refractivity contribution in [3.63, 3.8) is 0 Å². The van der Waals surface area contributed by atoms with Gasteiger partial charge in [-0.2, -0.15) is 0 Å². The van der Waals surface area contributed by atoms with Gasteiger partial charge in [-0.25, -0.2) is 19.3 Å². The van der Waals surface area contributed by atoms with Crippen LogP contribution in [0.15, 0.2) is 73.6 Å². The molecule has 1 amide bonds. The van der Waals surface area contributed by atoms with E-state index in [1.807, 2.05) is 25.2 Å². The zero-order valence-electron chi connectivity index (χ0n) is 20.8. The third-order valence-electron chi connectivity index (χ3n) is 6.50. The molecule has 8 nitrogen and oxygen atoms in total. The number of carbonyl (C=O) groups is 1. The lowest BCUT2D eigenvalue weighted by Gasteiger charge is -2.26. The van der Waals surface area contributed by atoms with E-state index in [2.05, 4.69) is 26.8 Å². The molecule has 1 fully saturated rings. The van der Waals surface area contributed by atoms with Crippen molar-refractivity contribution in [3.05, 3.63) is 90.0 Å². The van der Waals surface area contributed by atoms with Crippen molar-refractivity contribution < 1.29 is 13.9 Å². The zero-order chi connectivity index (χ0) is 26.6. The molecule has 1 aliphatic heterocycles. The molecule has 0 saturated carbocycles. The highest BCUT2D eigenvalue weighted by Crippen LogP contribution is 2.31. The van der Waals surface area contributed by atoms with Crippen LogP contribution in [0.25, 0.3) is 11.0 Å². The lowest BCUT2D eigenvalue weighted by atomic mass is 10.2. The Morgan fingerprint density at radius 1 is 1.26 bits per heavy atom. The molecule has 4 aromatic rings. The number of carbonyl (C=O) groups excluding carboxylic acids is 1. The van der Waals surface area contributed by atoms with Gasteiger partial charge in [0.25, 0.3) is 0 Å². The zero-order valence-corrected chi connectivity index (χ0v) is 21.5. The first-order chi connectivity index (χ1) is 18.4. The van der Waals surface area contributed by atoms with Gasteiger partial charge in [0.2, 0.25) is 5.91 Å². The van der Waals surface area contributed by atoms with Gasteiger partial charge in [-0.15, -0.1) is 0 Å². The van der Waals surface area contributed by atoms with Crippen LogP contribution in [0.2, 0.25) is 5.02 Å². The average Bonchev–Trinajstić information content (AvgIpc) is 3.42. The van der Waals surface area contributed by atoms with Gasteiger partial charge in [-0.1, -0.05) is 30.3 Å². The van der Waals surface area contributed by atoms with Crippen LogP contribution in [0.5, 0.6) is 5.75 Å². The summed E-state index contributed by atoms with van der Waals surface area (Å²) in [6.45, 7) is 5.08. The molecule has 3 heterocycles. The van der Waals surface area contributed by atoms with Gasteiger partial charge in [-0.05, 0) is 60.5 Å². The molecular weight excluding hydrogens is 507 g/mol. The summed E-state index contributed by atoms with van der Waals surface area (Å²) >= 11 is 6.47. The molecule has 0 unspecified atom stereocenters. The second kappa shape index (κ2) is 11.0. The van der Waals surface area contributed by atoms with E-state index >= 15 is 0 Å². The van der Waals surface area contributed by atoms with Gasteiger partial charge in [0.15, 0.2) is 5.82 Å². The number of benzene rings is 2. The van der Waals surface area contributed by atoms with Gasteiger partial charge in [0, 0.05) is 31.9 Å². The number of amides is 1. The number of likely N-dealkylation sites (N-methyl/N-ethyl adjacent to an activating group) is 1. The number of anilines is 3. The van der Waals surface area contributed by atoms with Crippen molar-refractivity contribution in [3.8, 4) is 5.75 Å². The number of aromatic nitrogens is 3. The summed E-state index contributed by atoms with van der Waals surface area (Å²) in [5.74, 6) is 1.40. The molecule has 38 heavy (non-hydrogen) atoms. The Hall–Kier alpha value is -4.24. The molecule has 2 aromatic carbocycles. The van der Waals surface area contributed by atoms with Crippen LogP contribution >= 0.6 is 11.6 Å². The van der Waals surface area contributed by atoms with E-state index in [-0.39, 0.29) is 24.4 Å². The van der Waals surface area contributed by atoms with Crippen molar-refractivity contribution in [1.29, 1.82) is 0 Å². The number of nitrogens with one attached hydrogen (secondary N) is 1. The minimum Gasteiger partial charge on any atom is -0.487 e. The van der Waals surface area contributed by atoms with Crippen LogP contribution in [-0.4, -0.2) is 51.9 Å². The minimum absolute atomic E-state index is 0.0590. The smallest absolute Gasteiger partial charge is 0.246 e. The third kappa shape index (κ3) is 5.52. The number of ether oxygens (including phenoxy) is 1. The van der Waals surface area contributed by atoms with Gasteiger partial charge < -0.3 is 19.9 Å². The first-order valence-electron chi connectivity index (χ1n) is 12.1. The van der Waals surface area contributed by atoms with E-state index in [9.17, 15) is 9.18 Å². The molecule has 5 rings (SSSR count). The first kappa shape index (κ1) is 25.4. The van der Waals surface area contributed by atoms with Crippen LogP contribution in [0, 0.1) is 5.82 Å². The summed E-state index contributed by atoms with van der Waals surface area (Å²) in [5.41, 5.74) is 2.70. The van der Waals surface area contributed by atoms with Crippen LogP contribution in [0.4, 0.5) is 21.7 Å². The van der Waals surface area contributed by atoms with Crippen molar-refractivity contribution in [2.75, 3.05) is 30.4 Å². The Kier molecular flexibility index (Phi) is 7.37. The number of rotatable bonds is 8. The van der Waals surface area contributed by atoms with E-state index in [1.165, 1.54) is 24.5 Å².